The van der Waals surface area contributed by atoms with Crippen LogP contribution < -0.4 is 11.5 Å². The third-order valence-corrected chi connectivity index (χ3v) is 1.62. The Labute approximate surface area is 56.3 Å². The van der Waals surface area contributed by atoms with Gasteiger partial charge in [-0.1, -0.05) is 15.9 Å². The van der Waals surface area contributed by atoms with Gasteiger partial charge in [-0.15, -0.1) is 11.6 Å². The van der Waals surface area contributed by atoms with Crippen molar-refractivity contribution in [1.29, 1.82) is 0 Å². The summed E-state index contributed by atoms with van der Waals surface area (Å²) in [5, 5.41) is 0. The zero-order valence-electron chi connectivity index (χ0n) is 3.77. The second-order valence-electron chi connectivity index (χ2n) is 1.26. The molecule has 0 aliphatic rings. The molecule has 0 aliphatic heterocycles. The molecular weight excluding hydrogens is 179 g/mol. The first kappa shape index (κ1) is 7.69. The van der Waals surface area contributed by atoms with Gasteiger partial charge in [0.05, 0.1) is 4.95 Å². The van der Waals surface area contributed by atoms with Crippen molar-refractivity contribution in [3.8, 4) is 0 Å². The van der Waals surface area contributed by atoms with Gasteiger partial charge in [-0.25, -0.2) is 0 Å². The lowest BCUT2D eigenvalue weighted by atomic mass is 10.4. The molecule has 0 heterocycles. The van der Waals surface area contributed by atoms with E-state index in [0.29, 0.717) is 5.88 Å². The lowest BCUT2D eigenvalue weighted by molar-refractivity contribution is 0.726. The molecule has 0 aliphatic carbocycles. The minimum atomic E-state index is -0.176. The fraction of sp³-hybridized carbons (Fsp3) is 1.00. The first-order valence-electron chi connectivity index (χ1n) is 1.89. The highest BCUT2D eigenvalue weighted by Crippen LogP contribution is 1.96. The molecule has 0 rings (SSSR count). The number of hydrogen-bond acceptors (Lipinski definition) is 2. The monoisotopic (exact) mass is 186 g/mol. The summed E-state index contributed by atoms with van der Waals surface area (Å²) in [5.74, 6) is 0.395. The topological polar surface area (TPSA) is 52.0 Å². The summed E-state index contributed by atoms with van der Waals surface area (Å²) < 4.78 is 0. The second-order valence-corrected chi connectivity index (χ2v) is 2.63. The molecular formula is C3H8BrClN2. The Morgan fingerprint density at radius 3 is 2.00 bits per heavy atom. The number of rotatable bonds is 2. The molecule has 2 atom stereocenters. The minimum Gasteiger partial charge on any atom is -0.325 e. The van der Waals surface area contributed by atoms with Crippen molar-refractivity contribution in [2.75, 3.05) is 5.88 Å². The van der Waals surface area contributed by atoms with Crippen LogP contribution in [0.2, 0.25) is 0 Å². The first-order valence-corrected chi connectivity index (χ1v) is 3.34. The van der Waals surface area contributed by atoms with Crippen molar-refractivity contribution >= 4 is 27.5 Å². The Morgan fingerprint density at radius 1 is 1.57 bits per heavy atom. The van der Waals surface area contributed by atoms with Gasteiger partial charge in [0.2, 0.25) is 0 Å². The van der Waals surface area contributed by atoms with Crippen LogP contribution in [0.4, 0.5) is 0 Å². The lowest BCUT2D eigenvalue weighted by Gasteiger charge is -2.07. The van der Waals surface area contributed by atoms with Crippen LogP contribution in [-0.2, 0) is 0 Å². The van der Waals surface area contributed by atoms with E-state index < -0.39 is 0 Å². The molecule has 0 bridgehead atoms. The zero-order valence-corrected chi connectivity index (χ0v) is 6.11. The maximum atomic E-state index is 5.31. The van der Waals surface area contributed by atoms with Crippen LogP contribution in [0.5, 0.6) is 0 Å². The van der Waals surface area contributed by atoms with E-state index in [1.54, 1.807) is 0 Å². The third-order valence-electron chi connectivity index (χ3n) is 0.587. The quantitative estimate of drug-likeness (QED) is 0.480. The van der Waals surface area contributed by atoms with Crippen LogP contribution in [0.25, 0.3) is 0 Å². The number of hydrogen-bond donors (Lipinski definition) is 2. The van der Waals surface area contributed by atoms with Gasteiger partial charge < -0.3 is 11.5 Å². The molecule has 0 amide bonds. The summed E-state index contributed by atoms with van der Waals surface area (Å²) in [4.78, 5) is -0.176. The highest BCUT2D eigenvalue weighted by Gasteiger charge is 2.05. The first-order chi connectivity index (χ1) is 3.18. The van der Waals surface area contributed by atoms with E-state index >= 15 is 0 Å². The van der Waals surface area contributed by atoms with Crippen molar-refractivity contribution in [3.05, 3.63) is 0 Å². The number of alkyl halides is 2. The number of halogens is 2. The third kappa shape index (κ3) is 3.29. The maximum Gasteiger partial charge on any atom is 0.0770 e. The van der Waals surface area contributed by atoms with Crippen LogP contribution in [-0.4, -0.2) is 16.9 Å². The van der Waals surface area contributed by atoms with Gasteiger partial charge in [-0.3, -0.25) is 0 Å². The fourth-order valence-corrected chi connectivity index (χ4v) is 0.679. The molecule has 4 heteroatoms. The smallest absolute Gasteiger partial charge is 0.0770 e. The molecule has 0 aromatic carbocycles. The molecule has 0 radical (unpaired) electrons. The van der Waals surface area contributed by atoms with Crippen molar-refractivity contribution < 1.29 is 0 Å². The van der Waals surface area contributed by atoms with Crippen molar-refractivity contribution in [3.63, 3.8) is 0 Å². The summed E-state index contributed by atoms with van der Waals surface area (Å²) >= 11 is 8.38. The van der Waals surface area contributed by atoms with Crippen LogP contribution >= 0.6 is 27.5 Å². The molecule has 0 aromatic rings. The molecule has 0 aromatic heterocycles. The van der Waals surface area contributed by atoms with Crippen LogP contribution in [0.3, 0.4) is 0 Å². The Morgan fingerprint density at radius 2 is 2.00 bits per heavy atom. The molecule has 4 N–H and O–H groups in total. The van der Waals surface area contributed by atoms with Crippen molar-refractivity contribution in [2.45, 2.75) is 11.0 Å². The van der Waals surface area contributed by atoms with Crippen LogP contribution in [0.1, 0.15) is 0 Å². The lowest BCUT2D eigenvalue weighted by Crippen LogP contribution is -2.37. The number of nitrogens with two attached hydrogens (primary N) is 2. The van der Waals surface area contributed by atoms with Crippen LogP contribution in [0.15, 0.2) is 0 Å². The van der Waals surface area contributed by atoms with Gasteiger partial charge in [0.15, 0.2) is 0 Å². The second kappa shape index (κ2) is 3.66. The molecule has 0 fully saturated rings. The molecule has 2 nitrogen and oxygen atoms in total. The van der Waals surface area contributed by atoms with Crippen molar-refractivity contribution in [1.82, 2.24) is 0 Å². The molecule has 44 valence electrons. The average Bonchev–Trinajstić information content (AvgIpc) is 1.65. The van der Waals surface area contributed by atoms with E-state index in [1.165, 1.54) is 0 Å². The van der Waals surface area contributed by atoms with Gasteiger partial charge in [-0.2, -0.15) is 0 Å². The predicted octanol–water partition coefficient (Wildman–Crippen LogP) is 0.232. The normalized spacial score (nSPS) is 18.9. The Bertz CT molecular complexity index is 50.2. The molecule has 0 saturated heterocycles. The van der Waals surface area contributed by atoms with E-state index in [2.05, 4.69) is 15.9 Å². The van der Waals surface area contributed by atoms with Gasteiger partial charge in [-0.05, 0) is 0 Å². The summed E-state index contributed by atoms with van der Waals surface area (Å²) in [5.41, 5.74) is 10.6. The van der Waals surface area contributed by atoms with E-state index in [-0.39, 0.29) is 11.0 Å². The fourth-order valence-electron chi connectivity index (χ4n) is 0.0851. The Balaban J connectivity index is 3.14. The maximum absolute atomic E-state index is 5.31. The highest BCUT2D eigenvalue weighted by atomic mass is 79.9. The minimum absolute atomic E-state index is 0.137. The molecule has 2 unspecified atom stereocenters. The van der Waals surface area contributed by atoms with Gasteiger partial charge in [0.1, 0.15) is 0 Å². The zero-order chi connectivity index (χ0) is 5.86. The summed E-state index contributed by atoms with van der Waals surface area (Å²) in [6, 6.07) is -0.137. The van der Waals surface area contributed by atoms with E-state index in [1.807, 2.05) is 0 Å². The highest BCUT2D eigenvalue weighted by molar-refractivity contribution is 9.09. The van der Waals surface area contributed by atoms with E-state index in [9.17, 15) is 0 Å². The largest absolute Gasteiger partial charge is 0.325 e. The Hall–Kier alpha value is 0.690. The van der Waals surface area contributed by atoms with Gasteiger partial charge >= 0.3 is 0 Å². The SMILES string of the molecule is NC(Br)C(N)CCl. The molecule has 0 saturated carbocycles. The predicted molar refractivity (Wildman–Crippen MR) is 35.6 cm³/mol. The summed E-state index contributed by atoms with van der Waals surface area (Å²) in [6.45, 7) is 0. The molecule has 7 heavy (non-hydrogen) atoms. The van der Waals surface area contributed by atoms with E-state index in [4.69, 9.17) is 23.1 Å². The van der Waals surface area contributed by atoms with Gasteiger partial charge in [0.25, 0.3) is 0 Å². The Kier molecular flexibility index (Phi) is 4.02. The summed E-state index contributed by atoms with van der Waals surface area (Å²) in [7, 11) is 0. The molecule has 0 spiro atoms. The standard InChI is InChI=1S/C3H8BrClN2/c4-3(7)2(6)1-5/h2-3H,1,6-7H2. The van der Waals surface area contributed by atoms with Gasteiger partial charge in [0, 0.05) is 11.9 Å². The van der Waals surface area contributed by atoms with Crippen LogP contribution in [0, 0.1) is 0 Å². The average molecular weight is 187 g/mol. The van der Waals surface area contributed by atoms with E-state index in [0.717, 1.165) is 0 Å². The van der Waals surface area contributed by atoms with Crippen molar-refractivity contribution in [2.24, 2.45) is 11.5 Å². The summed E-state index contributed by atoms with van der Waals surface area (Å²) in [6.07, 6.45) is 0.